The van der Waals surface area contributed by atoms with Crippen molar-refractivity contribution in [1.82, 2.24) is 5.32 Å². The molecule has 4 nitrogen and oxygen atoms in total. The summed E-state index contributed by atoms with van der Waals surface area (Å²) in [7, 11) is 0. The van der Waals surface area contributed by atoms with Gasteiger partial charge in [-0.05, 0) is 37.6 Å². The number of nitrogens with two attached hydrogens (primary N) is 1. The minimum absolute atomic E-state index is 0.124. The first-order chi connectivity index (χ1) is 8.56. The summed E-state index contributed by atoms with van der Waals surface area (Å²) in [6.45, 7) is 4.08. The number of aryl methyl sites for hydroxylation is 2. The van der Waals surface area contributed by atoms with Gasteiger partial charge in [-0.15, -0.1) is 0 Å². The Labute approximate surface area is 106 Å². The number of amides is 1. The fraction of sp³-hybridized carbons (Fsp3) is 0.214. The van der Waals surface area contributed by atoms with Crippen LogP contribution in [-0.4, -0.2) is 5.91 Å². The van der Waals surface area contributed by atoms with Gasteiger partial charge in [0.2, 0.25) is 0 Å². The van der Waals surface area contributed by atoms with Gasteiger partial charge < -0.3 is 15.5 Å². The maximum absolute atomic E-state index is 11.9. The molecule has 2 aromatic rings. The maximum Gasteiger partial charge on any atom is 0.255 e. The second-order valence-electron chi connectivity index (χ2n) is 4.25. The molecule has 18 heavy (non-hydrogen) atoms. The summed E-state index contributed by atoms with van der Waals surface area (Å²) in [6, 6.07) is 9.16. The van der Waals surface area contributed by atoms with Gasteiger partial charge in [0, 0.05) is 12.2 Å². The number of benzene rings is 1. The number of carbonyl (C=O) groups is 1. The van der Waals surface area contributed by atoms with Crippen molar-refractivity contribution >= 4 is 11.6 Å². The summed E-state index contributed by atoms with van der Waals surface area (Å²) < 4.78 is 5.33. The summed E-state index contributed by atoms with van der Waals surface area (Å²) in [5.74, 6) is 1.26. The lowest BCUT2D eigenvalue weighted by molar-refractivity contribution is 0.0949. The van der Waals surface area contributed by atoms with Gasteiger partial charge in [0.25, 0.3) is 5.91 Å². The molecular weight excluding hydrogens is 228 g/mol. The van der Waals surface area contributed by atoms with E-state index in [0.717, 1.165) is 11.3 Å². The lowest BCUT2D eigenvalue weighted by Gasteiger charge is -2.04. The number of nitrogens with one attached hydrogen (secondary N) is 1. The summed E-state index contributed by atoms with van der Waals surface area (Å²) in [5.41, 5.74) is 7.91. The van der Waals surface area contributed by atoms with Crippen LogP contribution >= 0.6 is 0 Å². The third-order valence-electron chi connectivity index (χ3n) is 2.72. The standard InChI is InChI=1S/C14H16N2O2/c1-9-7-13(10(2)18-9)14(17)16-8-11-3-5-12(15)6-4-11/h3-7H,8,15H2,1-2H3,(H,16,17). The molecule has 0 saturated heterocycles. The Hall–Kier alpha value is -2.23. The molecule has 0 aliphatic heterocycles. The minimum atomic E-state index is -0.124. The van der Waals surface area contributed by atoms with Crippen LogP contribution in [0.25, 0.3) is 0 Å². The molecule has 0 fully saturated rings. The Balaban J connectivity index is 2.00. The molecule has 94 valence electrons. The van der Waals surface area contributed by atoms with E-state index in [0.29, 0.717) is 23.6 Å². The fourth-order valence-electron chi connectivity index (χ4n) is 1.77. The van der Waals surface area contributed by atoms with Crippen molar-refractivity contribution < 1.29 is 9.21 Å². The highest BCUT2D eigenvalue weighted by molar-refractivity contribution is 5.95. The monoisotopic (exact) mass is 244 g/mol. The van der Waals surface area contributed by atoms with E-state index in [-0.39, 0.29) is 5.91 Å². The SMILES string of the molecule is Cc1cc(C(=O)NCc2ccc(N)cc2)c(C)o1. The Bertz CT molecular complexity index is 556. The average Bonchev–Trinajstić information content (AvgIpc) is 2.67. The fourth-order valence-corrected chi connectivity index (χ4v) is 1.77. The van der Waals surface area contributed by atoms with Crippen LogP contribution < -0.4 is 11.1 Å². The molecule has 0 unspecified atom stereocenters. The molecule has 0 aliphatic carbocycles. The highest BCUT2D eigenvalue weighted by atomic mass is 16.3. The smallest absolute Gasteiger partial charge is 0.255 e. The predicted molar refractivity (Wildman–Crippen MR) is 70.2 cm³/mol. The van der Waals surface area contributed by atoms with Gasteiger partial charge in [0.15, 0.2) is 0 Å². The first kappa shape index (κ1) is 12.2. The molecule has 2 rings (SSSR count). The van der Waals surface area contributed by atoms with Gasteiger partial charge in [-0.3, -0.25) is 4.79 Å². The largest absolute Gasteiger partial charge is 0.466 e. The highest BCUT2D eigenvalue weighted by Gasteiger charge is 2.12. The summed E-state index contributed by atoms with van der Waals surface area (Å²) >= 11 is 0. The zero-order valence-electron chi connectivity index (χ0n) is 10.5. The van der Waals surface area contributed by atoms with E-state index in [1.54, 1.807) is 13.0 Å². The van der Waals surface area contributed by atoms with Crippen LogP contribution in [0.15, 0.2) is 34.7 Å². The Morgan fingerprint density at radius 1 is 1.28 bits per heavy atom. The number of furan rings is 1. The number of carbonyl (C=O) groups excluding carboxylic acids is 1. The van der Waals surface area contributed by atoms with Crippen LogP contribution in [-0.2, 0) is 6.54 Å². The molecule has 1 aromatic heterocycles. The van der Waals surface area contributed by atoms with E-state index >= 15 is 0 Å². The van der Waals surface area contributed by atoms with Crippen LogP contribution in [0.1, 0.15) is 27.4 Å². The van der Waals surface area contributed by atoms with Gasteiger partial charge in [-0.25, -0.2) is 0 Å². The van der Waals surface area contributed by atoms with Crippen LogP contribution in [0.2, 0.25) is 0 Å². The van der Waals surface area contributed by atoms with Crippen molar-refractivity contribution in [2.45, 2.75) is 20.4 Å². The van der Waals surface area contributed by atoms with Crippen LogP contribution in [0.3, 0.4) is 0 Å². The first-order valence-corrected chi connectivity index (χ1v) is 5.76. The molecule has 0 atom stereocenters. The normalized spacial score (nSPS) is 10.3. The number of nitrogen functional groups attached to an aromatic ring is 1. The Kier molecular flexibility index (Phi) is 3.37. The topological polar surface area (TPSA) is 68.3 Å². The predicted octanol–water partition coefficient (Wildman–Crippen LogP) is 2.41. The number of rotatable bonds is 3. The second-order valence-corrected chi connectivity index (χ2v) is 4.25. The molecule has 1 aromatic carbocycles. The van der Waals surface area contributed by atoms with Crippen LogP contribution in [0.4, 0.5) is 5.69 Å². The Morgan fingerprint density at radius 3 is 2.50 bits per heavy atom. The van der Waals surface area contributed by atoms with E-state index in [1.807, 2.05) is 31.2 Å². The molecule has 0 bridgehead atoms. The molecular formula is C14H16N2O2. The van der Waals surface area contributed by atoms with E-state index in [9.17, 15) is 4.79 Å². The number of anilines is 1. The van der Waals surface area contributed by atoms with Crippen molar-refractivity contribution in [2.75, 3.05) is 5.73 Å². The van der Waals surface area contributed by atoms with Gasteiger partial charge in [-0.2, -0.15) is 0 Å². The third kappa shape index (κ3) is 2.71. The zero-order valence-corrected chi connectivity index (χ0v) is 10.5. The summed E-state index contributed by atoms with van der Waals surface area (Å²) in [5, 5.41) is 2.85. The quantitative estimate of drug-likeness (QED) is 0.815. The Morgan fingerprint density at radius 2 is 1.94 bits per heavy atom. The van der Waals surface area contributed by atoms with Gasteiger partial charge >= 0.3 is 0 Å². The van der Waals surface area contributed by atoms with Crippen LogP contribution in [0, 0.1) is 13.8 Å². The van der Waals surface area contributed by atoms with Crippen molar-refractivity contribution in [3.63, 3.8) is 0 Å². The van der Waals surface area contributed by atoms with Crippen molar-refractivity contribution in [3.8, 4) is 0 Å². The highest BCUT2D eigenvalue weighted by Crippen LogP contribution is 2.13. The van der Waals surface area contributed by atoms with E-state index in [1.165, 1.54) is 0 Å². The van der Waals surface area contributed by atoms with Crippen molar-refractivity contribution in [1.29, 1.82) is 0 Å². The molecule has 0 aliphatic rings. The van der Waals surface area contributed by atoms with Crippen molar-refractivity contribution in [3.05, 3.63) is 53.0 Å². The molecule has 0 spiro atoms. The second kappa shape index (κ2) is 4.96. The lowest BCUT2D eigenvalue weighted by Crippen LogP contribution is -2.22. The maximum atomic E-state index is 11.9. The average molecular weight is 244 g/mol. The summed E-state index contributed by atoms with van der Waals surface area (Å²) in [6.07, 6.45) is 0. The van der Waals surface area contributed by atoms with Crippen LogP contribution in [0.5, 0.6) is 0 Å². The van der Waals surface area contributed by atoms with Gasteiger partial charge in [0.1, 0.15) is 11.5 Å². The van der Waals surface area contributed by atoms with Crippen molar-refractivity contribution in [2.24, 2.45) is 0 Å². The molecule has 0 saturated carbocycles. The number of hydrogen-bond donors (Lipinski definition) is 2. The molecule has 1 amide bonds. The molecule has 1 heterocycles. The molecule has 4 heteroatoms. The minimum Gasteiger partial charge on any atom is -0.466 e. The zero-order chi connectivity index (χ0) is 13.1. The van der Waals surface area contributed by atoms with Gasteiger partial charge in [-0.1, -0.05) is 12.1 Å². The molecule has 3 N–H and O–H groups in total. The summed E-state index contributed by atoms with van der Waals surface area (Å²) in [4.78, 5) is 11.9. The van der Waals surface area contributed by atoms with E-state index in [4.69, 9.17) is 10.2 Å². The lowest BCUT2D eigenvalue weighted by atomic mass is 10.2. The third-order valence-corrected chi connectivity index (χ3v) is 2.72. The first-order valence-electron chi connectivity index (χ1n) is 5.76. The number of hydrogen-bond acceptors (Lipinski definition) is 3. The van der Waals surface area contributed by atoms with Gasteiger partial charge in [0.05, 0.1) is 5.56 Å². The van der Waals surface area contributed by atoms with E-state index < -0.39 is 0 Å². The van der Waals surface area contributed by atoms with E-state index in [2.05, 4.69) is 5.32 Å². The molecule has 0 radical (unpaired) electrons.